The average molecular weight is 270 g/mol. The van der Waals surface area contributed by atoms with E-state index in [1.54, 1.807) is 0 Å². The Labute approximate surface area is 115 Å². The van der Waals surface area contributed by atoms with E-state index >= 15 is 0 Å². The summed E-state index contributed by atoms with van der Waals surface area (Å²) in [4.78, 5) is 12.1. The van der Waals surface area contributed by atoms with Crippen molar-refractivity contribution in [1.29, 1.82) is 0 Å². The van der Waals surface area contributed by atoms with Gasteiger partial charge in [-0.25, -0.2) is 0 Å². The summed E-state index contributed by atoms with van der Waals surface area (Å²) in [6, 6.07) is 0. The summed E-state index contributed by atoms with van der Waals surface area (Å²) in [6.07, 6.45) is 6.71. The molecule has 3 N–H and O–H groups in total. The largest absolute Gasteiger partial charge is 0.381 e. The Hall–Kier alpha value is -0.650. The molecular formula is C14H26N2O3. The molecule has 1 atom stereocenters. The number of hydrogen-bond donors (Lipinski definition) is 2. The van der Waals surface area contributed by atoms with Crippen molar-refractivity contribution in [2.75, 3.05) is 26.4 Å². The van der Waals surface area contributed by atoms with Gasteiger partial charge in [-0.15, -0.1) is 0 Å². The lowest BCUT2D eigenvalue weighted by Crippen LogP contribution is -2.56. The summed E-state index contributed by atoms with van der Waals surface area (Å²) >= 11 is 0. The van der Waals surface area contributed by atoms with E-state index < -0.39 is 0 Å². The first-order valence-electron chi connectivity index (χ1n) is 7.44. The van der Waals surface area contributed by atoms with E-state index in [4.69, 9.17) is 15.2 Å². The molecule has 2 saturated heterocycles. The number of carbonyl (C=O) groups is 1. The molecule has 0 aliphatic carbocycles. The molecule has 2 heterocycles. The van der Waals surface area contributed by atoms with Crippen LogP contribution in [0.2, 0.25) is 0 Å². The molecule has 0 aromatic rings. The SMILES string of the molecule is NCC1(NC(=O)CCC2CCCCO2)CCOCC1. The fourth-order valence-electron chi connectivity index (χ4n) is 2.83. The third-order valence-electron chi connectivity index (χ3n) is 4.21. The highest BCUT2D eigenvalue weighted by molar-refractivity contribution is 5.76. The topological polar surface area (TPSA) is 73.6 Å². The smallest absolute Gasteiger partial charge is 0.220 e. The number of nitrogens with one attached hydrogen (secondary N) is 1. The summed E-state index contributed by atoms with van der Waals surface area (Å²) in [5.41, 5.74) is 5.58. The van der Waals surface area contributed by atoms with Gasteiger partial charge in [0.2, 0.25) is 5.91 Å². The van der Waals surface area contributed by atoms with Crippen LogP contribution in [0.1, 0.15) is 44.9 Å². The van der Waals surface area contributed by atoms with Gasteiger partial charge in [-0.3, -0.25) is 4.79 Å². The molecule has 1 unspecified atom stereocenters. The zero-order valence-electron chi connectivity index (χ0n) is 11.7. The van der Waals surface area contributed by atoms with Crippen molar-refractivity contribution in [2.24, 2.45) is 5.73 Å². The Bertz CT molecular complexity index is 284. The molecule has 5 heteroatoms. The molecular weight excluding hydrogens is 244 g/mol. The molecule has 0 spiro atoms. The maximum Gasteiger partial charge on any atom is 0.220 e. The molecule has 0 saturated carbocycles. The van der Waals surface area contributed by atoms with Crippen molar-refractivity contribution >= 4 is 5.91 Å². The van der Waals surface area contributed by atoms with Gasteiger partial charge < -0.3 is 20.5 Å². The molecule has 0 radical (unpaired) electrons. The predicted octanol–water partition coefficient (Wildman–Crippen LogP) is 0.960. The first-order chi connectivity index (χ1) is 9.24. The van der Waals surface area contributed by atoms with Gasteiger partial charge in [0.1, 0.15) is 0 Å². The van der Waals surface area contributed by atoms with Crippen molar-refractivity contribution < 1.29 is 14.3 Å². The van der Waals surface area contributed by atoms with Crippen molar-refractivity contribution in [3.8, 4) is 0 Å². The predicted molar refractivity (Wildman–Crippen MR) is 72.8 cm³/mol. The summed E-state index contributed by atoms with van der Waals surface area (Å²) < 4.78 is 11.0. The van der Waals surface area contributed by atoms with E-state index in [1.807, 2.05) is 0 Å². The lowest BCUT2D eigenvalue weighted by molar-refractivity contribution is -0.125. The second-order valence-corrected chi connectivity index (χ2v) is 5.67. The van der Waals surface area contributed by atoms with Gasteiger partial charge in [0.15, 0.2) is 0 Å². The van der Waals surface area contributed by atoms with E-state index in [0.29, 0.717) is 26.2 Å². The zero-order chi connectivity index (χ0) is 13.6. The molecule has 2 rings (SSSR count). The normalized spacial score (nSPS) is 26.9. The lowest BCUT2D eigenvalue weighted by Gasteiger charge is -2.37. The van der Waals surface area contributed by atoms with Crippen molar-refractivity contribution in [1.82, 2.24) is 5.32 Å². The molecule has 5 nitrogen and oxygen atoms in total. The number of hydrogen-bond acceptors (Lipinski definition) is 4. The van der Waals surface area contributed by atoms with Crippen LogP contribution < -0.4 is 11.1 Å². The molecule has 2 aliphatic heterocycles. The number of amides is 1. The second-order valence-electron chi connectivity index (χ2n) is 5.67. The summed E-state index contributed by atoms with van der Waals surface area (Å²) in [5, 5.41) is 3.12. The minimum absolute atomic E-state index is 0.0986. The summed E-state index contributed by atoms with van der Waals surface area (Å²) in [6.45, 7) is 2.70. The van der Waals surface area contributed by atoms with E-state index in [1.165, 1.54) is 6.42 Å². The summed E-state index contributed by atoms with van der Waals surface area (Å²) in [7, 11) is 0. The van der Waals surface area contributed by atoms with Crippen molar-refractivity contribution in [3.63, 3.8) is 0 Å². The lowest BCUT2D eigenvalue weighted by atomic mass is 9.90. The Morgan fingerprint density at radius 2 is 2.05 bits per heavy atom. The van der Waals surface area contributed by atoms with E-state index in [9.17, 15) is 4.79 Å². The van der Waals surface area contributed by atoms with Crippen LogP contribution in [0, 0.1) is 0 Å². The molecule has 2 aliphatic rings. The van der Waals surface area contributed by atoms with Crippen LogP contribution in [-0.2, 0) is 14.3 Å². The van der Waals surface area contributed by atoms with E-state index in [2.05, 4.69) is 5.32 Å². The van der Waals surface area contributed by atoms with Crippen molar-refractivity contribution in [2.45, 2.75) is 56.6 Å². The van der Waals surface area contributed by atoms with Crippen LogP contribution in [-0.4, -0.2) is 43.9 Å². The van der Waals surface area contributed by atoms with Crippen LogP contribution in [0.25, 0.3) is 0 Å². The van der Waals surface area contributed by atoms with Crippen LogP contribution in [0.15, 0.2) is 0 Å². The number of ether oxygens (including phenoxy) is 2. The third kappa shape index (κ3) is 4.44. The molecule has 19 heavy (non-hydrogen) atoms. The Morgan fingerprint density at radius 1 is 1.26 bits per heavy atom. The highest BCUT2D eigenvalue weighted by Gasteiger charge is 2.32. The molecule has 0 aromatic heterocycles. The first kappa shape index (κ1) is 14.8. The maximum atomic E-state index is 12.1. The van der Waals surface area contributed by atoms with Gasteiger partial charge in [-0.2, -0.15) is 0 Å². The molecule has 0 bridgehead atoms. The standard InChI is InChI=1S/C14H26N2O3/c15-11-14(6-9-18-10-7-14)16-13(17)5-4-12-3-1-2-8-19-12/h12H,1-11,15H2,(H,16,17). The first-order valence-corrected chi connectivity index (χ1v) is 7.44. The number of carbonyl (C=O) groups excluding carboxylic acids is 1. The number of nitrogens with two attached hydrogens (primary N) is 1. The fraction of sp³-hybridized carbons (Fsp3) is 0.929. The van der Waals surface area contributed by atoms with Gasteiger partial charge in [0.25, 0.3) is 0 Å². The van der Waals surface area contributed by atoms with Gasteiger partial charge in [0, 0.05) is 32.8 Å². The van der Waals surface area contributed by atoms with E-state index in [-0.39, 0.29) is 17.6 Å². The van der Waals surface area contributed by atoms with Crippen LogP contribution in [0.4, 0.5) is 0 Å². The Balaban J connectivity index is 1.72. The van der Waals surface area contributed by atoms with Gasteiger partial charge in [-0.1, -0.05) is 0 Å². The fourth-order valence-corrected chi connectivity index (χ4v) is 2.83. The van der Waals surface area contributed by atoms with Crippen LogP contribution in [0.5, 0.6) is 0 Å². The van der Waals surface area contributed by atoms with Gasteiger partial charge >= 0.3 is 0 Å². The Morgan fingerprint density at radius 3 is 2.68 bits per heavy atom. The van der Waals surface area contributed by atoms with E-state index in [0.717, 1.165) is 38.7 Å². The Kier molecular flexibility index (Phi) is 5.60. The highest BCUT2D eigenvalue weighted by Crippen LogP contribution is 2.21. The molecule has 2 fully saturated rings. The van der Waals surface area contributed by atoms with Crippen LogP contribution >= 0.6 is 0 Å². The quantitative estimate of drug-likeness (QED) is 0.780. The molecule has 110 valence electrons. The average Bonchev–Trinajstić information content (AvgIpc) is 2.47. The highest BCUT2D eigenvalue weighted by atomic mass is 16.5. The minimum atomic E-state index is -0.247. The maximum absolute atomic E-state index is 12.1. The van der Waals surface area contributed by atoms with Gasteiger partial charge in [0.05, 0.1) is 11.6 Å². The number of rotatable bonds is 5. The minimum Gasteiger partial charge on any atom is -0.381 e. The summed E-state index contributed by atoms with van der Waals surface area (Å²) in [5.74, 6) is 0.0986. The van der Waals surface area contributed by atoms with Gasteiger partial charge in [-0.05, 0) is 38.5 Å². The second kappa shape index (κ2) is 7.22. The van der Waals surface area contributed by atoms with Crippen LogP contribution in [0.3, 0.4) is 0 Å². The zero-order valence-corrected chi connectivity index (χ0v) is 11.7. The molecule has 0 aromatic carbocycles. The monoisotopic (exact) mass is 270 g/mol. The van der Waals surface area contributed by atoms with Crippen molar-refractivity contribution in [3.05, 3.63) is 0 Å². The molecule has 1 amide bonds. The third-order valence-corrected chi connectivity index (χ3v) is 4.21.